The van der Waals surface area contributed by atoms with Crippen LogP contribution in [0.15, 0.2) is 0 Å². The first-order chi connectivity index (χ1) is 7.21. The highest BCUT2D eigenvalue weighted by Gasteiger charge is 2.23. The third kappa shape index (κ3) is 4.60. The van der Waals surface area contributed by atoms with E-state index < -0.39 is 6.03 Å². The van der Waals surface area contributed by atoms with Crippen molar-refractivity contribution in [2.24, 2.45) is 0 Å². The Labute approximate surface area is 87.9 Å². The third-order valence-corrected chi connectivity index (χ3v) is 1.66. The molecule has 0 atom stereocenters. The molecule has 7 heteroatoms. The van der Waals surface area contributed by atoms with Crippen molar-refractivity contribution in [2.45, 2.75) is 0 Å². The van der Waals surface area contributed by atoms with Gasteiger partial charge in [-0.1, -0.05) is 0 Å². The molecule has 0 aromatic carbocycles. The lowest BCUT2D eigenvalue weighted by Crippen LogP contribution is -2.43. The first-order valence-corrected chi connectivity index (χ1v) is 4.47. The molecule has 0 unspecified atom stereocenters. The van der Waals surface area contributed by atoms with E-state index in [0.717, 1.165) is 9.91 Å². The van der Waals surface area contributed by atoms with E-state index in [-0.39, 0.29) is 39.5 Å². The van der Waals surface area contributed by atoms with Crippen molar-refractivity contribution in [1.29, 1.82) is 0 Å². The zero-order valence-corrected chi connectivity index (χ0v) is 8.33. The van der Waals surface area contributed by atoms with Gasteiger partial charge >= 0.3 is 6.03 Å². The van der Waals surface area contributed by atoms with Gasteiger partial charge in [-0.2, -0.15) is 11.5 Å². The molecule has 7 nitrogen and oxygen atoms in total. The number of aliphatic hydroxyl groups excluding tert-OH is 3. The summed E-state index contributed by atoms with van der Waals surface area (Å²) < 4.78 is 0. The summed E-state index contributed by atoms with van der Waals surface area (Å²) >= 11 is 0. The van der Waals surface area contributed by atoms with Gasteiger partial charge in [0.15, 0.2) is 0 Å². The van der Waals surface area contributed by atoms with Crippen molar-refractivity contribution in [3.05, 3.63) is 11.5 Å². The minimum atomic E-state index is -0.623. The van der Waals surface area contributed by atoms with Crippen molar-refractivity contribution in [2.75, 3.05) is 39.5 Å². The van der Waals surface area contributed by atoms with Crippen molar-refractivity contribution in [1.82, 2.24) is 9.91 Å². The van der Waals surface area contributed by atoms with E-state index in [9.17, 15) is 4.79 Å². The SMILES string of the molecule is [C-]#[N+]N(CCO)C(=O)N(CCO)CCO. The first kappa shape index (κ1) is 13.6. The third-order valence-electron chi connectivity index (χ3n) is 1.66. The van der Waals surface area contributed by atoms with Crippen LogP contribution in [0.1, 0.15) is 0 Å². The van der Waals surface area contributed by atoms with E-state index in [0.29, 0.717) is 0 Å². The summed E-state index contributed by atoms with van der Waals surface area (Å²) in [6.45, 7) is 5.95. The Bertz CT molecular complexity index is 222. The number of carbonyl (C=O) groups excluding carboxylic acids is 1. The van der Waals surface area contributed by atoms with Gasteiger partial charge in [-0.3, -0.25) is 0 Å². The number of hydrogen-bond donors (Lipinski definition) is 3. The van der Waals surface area contributed by atoms with Gasteiger partial charge in [0, 0.05) is 13.1 Å². The zero-order chi connectivity index (χ0) is 11.7. The first-order valence-electron chi connectivity index (χ1n) is 4.47. The fourth-order valence-corrected chi connectivity index (χ4v) is 0.991. The van der Waals surface area contributed by atoms with Gasteiger partial charge in [0.1, 0.15) is 6.54 Å². The minimum absolute atomic E-state index is 0.0524. The summed E-state index contributed by atoms with van der Waals surface area (Å²) in [6.07, 6.45) is 0. The highest BCUT2D eigenvalue weighted by molar-refractivity contribution is 5.75. The van der Waals surface area contributed by atoms with Crippen LogP contribution in [0.5, 0.6) is 0 Å². The molecular formula is C8H15N3O4. The maximum atomic E-state index is 11.5. The second kappa shape index (κ2) is 7.99. The number of urea groups is 1. The molecule has 2 amide bonds. The fourth-order valence-electron chi connectivity index (χ4n) is 0.991. The predicted octanol–water partition coefficient (Wildman–Crippen LogP) is -1.48. The second-order valence-corrected chi connectivity index (χ2v) is 2.66. The smallest absolute Gasteiger partial charge is 0.385 e. The normalized spacial score (nSPS) is 9.47. The summed E-state index contributed by atoms with van der Waals surface area (Å²) in [5.74, 6) is 0. The van der Waals surface area contributed by atoms with Crippen LogP contribution in [0, 0.1) is 6.57 Å². The molecule has 0 heterocycles. The van der Waals surface area contributed by atoms with Crippen molar-refractivity contribution >= 4 is 6.03 Å². The van der Waals surface area contributed by atoms with Crippen LogP contribution in [-0.4, -0.2) is 70.7 Å². The van der Waals surface area contributed by atoms with Crippen LogP contribution >= 0.6 is 0 Å². The molecule has 0 radical (unpaired) electrons. The predicted molar refractivity (Wildman–Crippen MR) is 51.5 cm³/mol. The Morgan fingerprint density at radius 1 is 1.07 bits per heavy atom. The van der Waals surface area contributed by atoms with Crippen LogP contribution in [0.25, 0.3) is 4.95 Å². The molecule has 0 bridgehead atoms. The average Bonchev–Trinajstić information content (AvgIpc) is 2.24. The van der Waals surface area contributed by atoms with Crippen LogP contribution in [-0.2, 0) is 0 Å². The van der Waals surface area contributed by atoms with E-state index in [1.807, 2.05) is 0 Å². The molecule has 0 aliphatic carbocycles. The summed E-state index contributed by atoms with van der Waals surface area (Å²) in [7, 11) is 0. The number of carbonyl (C=O) groups is 1. The van der Waals surface area contributed by atoms with Gasteiger partial charge in [0.05, 0.1) is 19.8 Å². The Balaban J connectivity index is 4.38. The van der Waals surface area contributed by atoms with E-state index in [2.05, 4.69) is 4.95 Å². The van der Waals surface area contributed by atoms with Gasteiger partial charge in [0.25, 0.3) is 0 Å². The van der Waals surface area contributed by atoms with E-state index >= 15 is 0 Å². The lowest BCUT2D eigenvalue weighted by Gasteiger charge is -2.21. The Kier molecular flexibility index (Phi) is 7.27. The number of rotatable bonds is 6. The molecule has 86 valence electrons. The van der Waals surface area contributed by atoms with E-state index in [4.69, 9.17) is 21.9 Å². The molecule has 0 aliphatic rings. The number of hydrogen-bond acceptors (Lipinski definition) is 4. The van der Waals surface area contributed by atoms with Gasteiger partial charge < -0.3 is 20.2 Å². The van der Waals surface area contributed by atoms with Crippen LogP contribution < -0.4 is 0 Å². The molecule has 0 saturated heterocycles. The van der Waals surface area contributed by atoms with Crippen LogP contribution in [0.3, 0.4) is 0 Å². The Morgan fingerprint density at radius 2 is 1.53 bits per heavy atom. The molecular weight excluding hydrogens is 202 g/mol. The summed E-state index contributed by atoms with van der Waals surface area (Å²) in [4.78, 5) is 15.6. The van der Waals surface area contributed by atoms with Gasteiger partial charge in [-0.05, 0) is 5.01 Å². The van der Waals surface area contributed by atoms with Crippen LogP contribution in [0.4, 0.5) is 4.79 Å². The molecule has 0 fully saturated rings. The lowest BCUT2D eigenvalue weighted by atomic mass is 10.5. The van der Waals surface area contributed by atoms with Crippen LogP contribution in [0.2, 0.25) is 0 Å². The van der Waals surface area contributed by atoms with Gasteiger partial charge in [-0.15, -0.1) is 0 Å². The monoisotopic (exact) mass is 217 g/mol. The largest absolute Gasteiger partial charge is 0.395 e. The van der Waals surface area contributed by atoms with Crippen molar-refractivity contribution in [3.8, 4) is 0 Å². The maximum Gasteiger partial charge on any atom is 0.385 e. The molecule has 0 aromatic rings. The maximum absolute atomic E-state index is 11.5. The summed E-state index contributed by atoms with van der Waals surface area (Å²) in [5.41, 5.74) is 0. The van der Waals surface area contributed by atoms with Crippen molar-refractivity contribution < 1.29 is 20.1 Å². The minimum Gasteiger partial charge on any atom is -0.395 e. The average molecular weight is 217 g/mol. The zero-order valence-electron chi connectivity index (χ0n) is 8.33. The molecule has 0 spiro atoms. The van der Waals surface area contributed by atoms with Gasteiger partial charge in [-0.25, -0.2) is 4.79 Å². The molecule has 0 aliphatic heterocycles. The Hall–Kier alpha value is -1.36. The molecule has 15 heavy (non-hydrogen) atoms. The van der Waals surface area contributed by atoms with E-state index in [1.54, 1.807) is 0 Å². The summed E-state index contributed by atoms with van der Waals surface area (Å²) in [5, 5.41) is 26.7. The molecule has 0 aromatic heterocycles. The quantitative estimate of drug-likeness (QED) is 0.374. The Morgan fingerprint density at radius 3 is 1.87 bits per heavy atom. The standard InChI is InChI=1S/C8H15N3O4/c1-9-11(4-7-14)8(15)10(2-5-12)3-6-13/h12-14H,2-7H2. The summed E-state index contributed by atoms with van der Waals surface area (Å²) in [6, 6.07) is -0.623. The number of aliphatic hydroxyl groups is 3. The van der Waals surface area contributed by atoms with E-state index in [1.165, 1.54) is 0 Å². The topological polar surface area (TPSA) is 88.6 Å². The fraction of sp³-hybridized carbons (Fsp3) is 0.750. The molecule has 3 N–H and O–H groups in total. The second-order valence-electron chi connectivity index (χ2n) is 2.66. The molecule has 0 saturated carbocycles. The van der Waals surface area contributed by atoms with Crippen molar-refractivity contribution in [3.63, 3.8) is 0 Å². The van der Waals surface area contributed by atoms with Gasteiger partial charge in [0.2, 0.25) is 0 Å². The molecule has 0 rings (SSSR count). The highest BCUT2D eigenvalue weighted by atomic mass is 16.3. The number of amides is 2. The highest BCUT2D eigenvalue weighted by Crippen LogP contribution is 1.99. The number of nitrogens with zero attached hydrogens (tertiary/aromatic N) is 3. The lowest BCUT2D eigenvalue weighted by molar-refractivity contribution is 0.131.